The fourth-order valence-electron chi connectivity index (χ4n) is 7.30. The second kappa shape index (κ2) is 10.3. The van der Waals surface area contributed by atoms with Crippen LogP contribution >= 0.6 is 8.53 Å². The highest BCUT2D eigenvalue weighted by molar-refractivity contribution is 7.45. The molecular weight excluding hydrogens is 491 g/mol. The van der Waals surface area contributed by atoms with Crippen molar-refractivity contribution >= 4 is 20.3 Å². The van der Waals surface area contributed by atoms with E-state index in [1.165, 1.54) is 49.5 Å². The van der Waals surface area contributed by atoms with Crippen LogP contribution in [-0.2, 0) is 18.6 Å². The maximum atomic E-state index is 12.9. The predicted molar refractivity (Wildman–Crippen MR) is 141 cm³/mol. The van der Waals surface area contributed by atoms with Gasteiger partial charge in [-0.05, 0) is 50.5 Å². The van der Waals surface area contributed by atoms with Crippen LogP contribution in [0.25, 0.3) is 0 Å². The monoisotopic (exact) mass is 532 g/mol. The molecule has 4 heterocycles. The van der Waals surface area contributed by atoms with Crippen LogP contribution in [-0.4, -0.2) is 50.0 Å². The first kappa shape index (κ1) is 25.9. The first-order valence-corrected chi connectivity index (χ1v) is 15.5. The van der Waals surface area contributed by atoms with E-state index in [2.05, 4.69) is 21.9 Å². The molecule has 0 bridgehead atoms. The smallest absolute Gasteiger partial charge is 0.351 e. The van der Waals surface area contributed by atoms with Gasteiger partial charge in [-0.15, -0.1) is 0 Å². The van der Waals surface area contributed by atoms with Crippen LogP contribution in [0.2, 0.25) is 0 Å². The van der Waals surface area contributed by atoms with Gasteiger partial charge in [-0.1, -0.05) is 46.5 Å². The molecule has 1 unspecified atom stereocenters. The lowest BCUT2D eigenvalue weighted by molar-refractivity contribution is -0.118. The van der Waals surface area contributed by atoms with Crippen LogP contribution in [0.3, 0.4) is 0 Å². The minimum absolute atomic E-state index is 0.0271. The van der Waals surface area contributed by atoms with Crippen molar-refractivity contribution in [2.45, 2.75) is 128 Å². The van der Waals surface area contributed by atoms with Crippen LogP contribution in [0, 0.1) is 11.8 Å². The Morgan fingerprint density at radius 3 is 2.76 bits per heavy atom. The Morgan fingerprint density at radius 1 is 1.24 bits per heavy atom. The first-order chi connectivity index (χ1) is 17.9. The van der Waals surface area contributed by atoms with Gasteiger partial charge in [-0.25, -0.2) is 9.46 Å². The summed E-state index contributed by atoms with van der Waals surface area (Å²) in [7, 11) is -1.15. The number of nitrogens with zero attached hydrogens (tertiary/aromatic N) is 3. The summed E-state index contributed by atoms with van der Waals surface area (Å²) < 4.78 is 24.3. The summed E-state index contributed by atoms with van der Waals surface area (Å²) in [4.78, 5) is 28.9. The lowest BCUT2D eigenvalue weighted by Gasteiger charge is -2.34. The number of rotatable bonds is 6. The zero-order valence-corrected chi connectivity index (χ0v) is 23.2. The second-order valence-corrected chi connectivity index (χ2v) is 13.2. The van der Waals surface area contributed by atoms with E-state index in [4.69, 9.17) is 13.8 Å². The van der Waals surface area contributed by atoms with Gasteiger partial charge < -0.3 is 19.1 Å². The number of ether oxygens (including phenoxy) is 1. The summed E-state index contributed by atoms with van der Waals surface area (Å²) in [5.41, 5.74) is -0.458. The molecule has 1 amide bonds. The predicted octanol–water partition coefficient (Wildman–Crippen LogP) is 5.12. The van der Waals surface area contributed by atoms with Gasteiger partial charge in [0.1, 0.15) is 12.0 Å². The minimum Gasteiger partial charge on any atom is -0.352 e. The minimum atomic E-state index is -1.15. The highest BCUT2D eigenvalue weighted by Crippen LogP contribution is 2.68. The SMILES string of the molecule is CC[C@H]1O[C@@H](n2ccc(NC(=O)C(C)C)nc2=O)CC1O[P@@]1OC2(CCCC2)[C@@H]2C[C@@H]3CCCC[C@@H]3N21. The van der Waals surface area contributed by atoms with Crippen molar-refractivity contribution in [1.82, 2.24) is 14.2 Å². The molecule has 37 heavy (non-hydrogen) atoms. The number of fused-ring (bicyclic) bond motifs is 4. The Hall–Kier alpha value is -1.38. The molecule has 204 valence electrons. The molecule has 10 heteroatoms. The van der Waals surface area contributed by atoms with E-state index in [-0.39, 0.29) is 35.5 Å². The summed E-state index contributed by atoms with van der Waals surface area (Å²) in [6.45, 7) is 5.71. The van der Waals surface area contributed by atoms with Gasteiger partial charge in [-0.2, -0.15) is 4.98 Å². The number of aromatic nitrogens is 2. The van der Waals surface area contributed by atoms with Crippen LogP contribution in [0.5, 0.6) is 0 Å². The number of hydrogen-bond acceptors (Lipinski definition) is 7. The summed E-state index contributed by atoms with van der Waals surface area (Å²) in [5, 5.41) is 2.70. The lowest BCUT2D eigenvalue weighted by Crippen LogP contribution is -2.41. The van der Waals surface area contributed by atoms with Gasteiger partial charge >= 0.3 is 5.69 Å². The number of anilines is 1. The second-order valence-electron chi connectivity index (χ2n) is 11.9. The number of nitrogens with one attached hydrogen (secondary N) is 1. The van der Waals surface area contributed by atoms with Crippen molar-refractivity contribution in [2.75, 3.05) is 5.32 Å². The molecule has 3 aliphatic heterocycles. The molecule has 1 spiro atoms. The highest BCUT2D eigenvalue weighted by atomic mass is 31.2. The molecule has 2 aliphatic carbocycles. The van der Waals surface area contributed by atoms with Crippen LogP contribution < -0.4 is 11.0 Å². The fraction of sp³-hybridized carbons (Fsp3) is 0.815. The van der Waals surface area contributed by atoms with E-state index >= 15 is 0 Å². The third kappa shape index (κ3) is 4.69. The van der Waals surface area contributed by atoms with Crippen molar-refractivity contribution in [3.05, 3.63) is 22.7 Å². The first-order valence-electron chi connectivity index (χ1n) is 14.4. The van der Waals surface area contributed by atoms with Gasteiger partial charge in [0.25, 0.3) is 8.53 Å². The Labute approximate surface area is 220 Å². The molecule has 1 aromatic rings. The summed E-state index contributed by atoms with van der Waals surface area (Å²) in [6, 6.07) is 2.74. The van der Waals surface area contributed by atoms with Crippen molar-refractivity contribution in [2.24, 2.45) is 11.8 Å². The molecule has 7 atom stereocenters. The van der Waals surface area contributed by atoms with E-state index in [1.54, 1.807) is 26.1 Å². The molecule has 1 aromatic heterocycles. The molecule has 0 aromatic carbocycles. The summed E-state index contributed by atoms with van der Waals surface area (Å²) in [6.07, 6.45) is 13.7. The molecular formula is C27H41N4O5P. The highest BCUT2D eigenvalue weighted by Gasteiger charge is 2.63. The number of carbonyl (C=O) groups is 1. The molecule has 2 saturated carbocycles. The van der Waals surface area contributed by atoms with Crippen LogP contribution in [0.15, 0.2) is 17.1 Å². The summed E-state index contributed by atoms with van der Waals surface area (Å²) in [5.74, 6) is 0.695. The Morgan fingerprint density at radius 2 is 2.03 bits per heavy atom. The van der Waals surface area contributed by atoms with E-state index in [0.29, 0.717) is 18.5 Å². The van der Waals surface area contributed by atoms with Gasteiger partial charge in [0.2, 0.25) is 5.91 Å². The van der Waals surface area contributed by atoms with Gasteiger partial charge in [0.05, 0.1) is 17.8 Å². The average Bonchev–Trinajstić information content (AvgIpc) is 3.65. The van der Waals surface area contributed by atoms with Gasteiger partial charge in [0.15, 0.2) is 0 Å². The Bertz CT molecular complexity index is 1060. The molecule has 9 nitrogen and oxygen atoms in total. The Kier molecular flexibility index (Phi) is 7.21. The number of carbonyl (C=O) groups excluding carboxylic acids is 1. The molecule has 0 radical (unpaired) electrons. The van der Waals surface area contributed by atoms with Gasteiger partial charge in [0, 0.05) is 30.6 Å². The van der Waals surface area contributed by atoms with Crippen LogP contribution in [0.1, 0.15) is 97.6 Å². The average molecular weight is 533 g/mol. The van der Waals surface area contributed by atoms with E-state index in [0.717, 1.165) is 25.2 Å². The lowest BCUT2D eigenvalue weighted by atomic mass is 9.82. The molecule has 5 fully saturated rings. The van der Waals surface area contributed by atoms with Gasteiger partial charge in [-0.3, -0.25) is 9.36 Å². The molecule has 3 saturated heterocycles. The zero-order chi connectivity index (χ0) is 25.7. The van der Waals surface area contributed by atoms with Crippen molar-refractivity contribution in [1.29, 1.82) is 0 Å². The quantitative estimate of drug-likeness (QED) is 0.508. The van der Waals surface area contributed by atoms with Crippen molar-refractivity contribution in [3.8, 4) is 0 Å². The fourth-order valence-corrected chi connectivity index (χ4v) is 9.69. The maximum Gasteiger partial charge on any atom is 0.351 e. The molecule has 1 N–H and O–H groups in total. The molecule has 6 rings (SSSR count). The van der Waals surface area contributed by atoms with Crippen molar-refractivity contribution in [3.63, 3.8) is 0 Å². The van der Waals surface area contributed by atoms with Crippen molar-refractivity contribution < 1.29 is 18.6 Å². The molecule has 5 aliphatic rings. The van der Waals surface area contributed by atoms with E-state index in [1.807, 2.05) is 0 Å². The summed E-state index contributed by atoms with van der Waals surface area (Å²) >= 11 is 0. The third-order valence-corrected chi connectivity index (χ3v) is 11.2. The normalized spacial score (nSPS) is 36.8. The Balaban J connectivity index is 1.18. The zero-order valence-electron chi connectivity index (χ0n) is 22.3. The number of hydrogen-bond donors (Lipinski definition) is 1. The standard InChI is InChI=1S/C27H41N4O5P/c1-4-20-21(16-24(34-20)30-14-11-23(29-26(30)33)28-25(32)17(2)3)35-37-31-19-10-6-5-9-18(19)15-22(31)27(36-37)12-7-8-13-27/h11,14,17-22,24H,4-10,12-13,15-16H2,1-3H3,(H,28,29,32,33)/t18-,19-,20+,21?,22-,24+,37-/m0/s1. The maximum absolute atomic E-state index is 12.9. The topological polar surface area (TPSA) is 94.9 Å². The van der Waals surface area contributed by atoms with E-state index < -0.39 is 20.4 Å². The largest absolute Gasteiger partial charge is 0.352 e. The third-order valence-electron chi connectivity index (χ3n) is 9.28. The van der Waals surface area contributed by atoms with Crippen LogP contribution in [0.4, 0.5) is 5.82 Å². The van der Waals surface area contributed by atoms with E-state index in [9.17, 15) is 9.59 Å². The number of amides is 1.